The summed E-state index contributed by atoms with van der Waals surface area (Å²) in [6.07, 6.45) is 2.36. The van der Waals surface area contributed by atoms with E-state index in [-0.39, 0.29) is 17.4 Å². The molecule has 0 aliphatic heterocycles. The first-order chi connectivity index (χ1) is 7.48. The summed E-state index contributed by atoms with van der Waals surface area (Å²) in [6.45, 7) is 0.592. The fourth-order valence-corrected chi connectivity index (χ4v) is 2.03. The summed E-state index contributed by atoms with van der Waals surface area (Å²) in [5.41, 5.74) is 5.28. The van der Waals surface area contributed by atoms with Crippen LogP contribution in [-0.2, 0) is 14.8 Å². The van der Waals surface area contributed by atoms with Gasteiger partial charge in [0, 0.05) is 20.7 Å². The molecular formula is C8H14N4O3S. The first-order valence-corrected chi connectivity index (χ1v) is 5.95. The van der Waals surface area contributed by atoms with E-state index in [1.165, 1.54) is 30.9 Å². The van der Waals surface area contributed by atoms with Gasteiger partial charge < -0.3 is 10.5 Å². The van der Waals surface area contributed by atoms with Gasteiger partial charge in [0.25, 0.3) is 0 Å². The number of nitrogens with two attached hydrogens (primary N) is 1. The van der Waals surface area contributed by atoms with Crippen molar-refractivity contribution < 1.29 is 13.2 Å². The molecule has 90 valence electrons. The summed E-state index contributed by atoms with van der Waals surface area (Å²) >= 11 is 0. The van der Waals surface area contributed by atoms with Gasteiger partial charge >= 0.3 is 0 Å². The normalized spacial score (nSPS) is 11.9. The molecule has 0 spiro atoms. The topological polar surface area (TPSA) is 98.4 Å². The highest BCUT2D eigenvalue weighted by Crippen LogP contribution is 2.11. The van der Waals surface area contributed by atoms with Crippen LogP contribution in [0.1, 0.15) is 0 Å². The largest absolute Gasteiger partial charge is 0.383 e. The number of methoxy groups -OCH3 is 1. The Morgan fingerprint density at radius 3 is 2.50 bits per heavy atom. The molecule has 0 fully saturated rings. The number of hydrogen-bond acceptors (Lipinski definition) is 6. The maximum Gasteiger partial charge on any atom is 0.245 e. The summed E-state index contributed by atoms with van der Waals surface area (Å²) < 4.78 is 29.8. The Morgan fingerprint density at radius 1 is 1.44 bits per heavy atom. The van der Waals surface area contributed by atoms with Gasteiger partial charge in [-0.25, -0.2) is 18.4 Å². The lowest BCUT2D eigenvalue weighted by molar-refractivity contribution is 0.185. The van der Waals surface area contributed by atoms with Crippen LogP contribution in [0.4, 0.5) is 5.95 Å². The zero-order valence-corrected chi connectivity index (χ0v) is 9.94. The molecule has 0 saturated heterocycles. The van der Waals surface area contributed by atoms with Gasteiger partial charge in [-0.1, -0.05) is 0 Å². The quantitative estimate of drug-likeness (QED) is 0.739. The fourth-order valence-electron chi connectivity index (χ4n) is 0.979. The minimum absolute atomic E-state index is 0.0142. The first kappa shape index (κ1) is 12.8. The van der Waals surface area contributed by atoms with Crippen LogP contribution in [0.5, 0.6) is 0 Å². The molecule has 0 saturated carbocycles. The van der Waals surface area contributed by atoms with Crippen molar-refractivity contribution in [1.82, 2.24) is 14.3 Å². The lowest BCUT2D eigenvalue weighted by Crippen LogP contribution is -2.30. The van der Waals surface area contributed by atoms with E-state index in [9.17, 15) is 8.42 Å². The Kier molecular flexibility index (Phi) is 4.16. The van der Waals surface area contributed by atoms with Gasteiger partial charge in [0.15, 0.2) is 0 Å². The molecule has 0 radical (unpaired) electrons. The van der Waals surface area contributed by atoms with E-state index in [0.29, 0.717) is 6.61 Å². The van der Waals surface area contributed by atoms with Crippen molar-refractivity contribution in [2.24, 2.45) is 0 Å². The maximum atomic E-state index is 11.9. The number of nitrogens with zero attached hydrogens (tertiary/aromatic N) is 3. The highest BCUT2D eigenvalue weighted by atomic mass is 32.2. The van der Waals surface area contributed by atoms with Crippen LogP contribution in [0, 0.1) is 0 Å². The number of nitrogen functional groups attached to an aromatic ring is 1. The number of sulfonamides is 1. The van der Waals surface area contributed by atoms with E-state index in [0.717, 1.165) is 0 Å². The molecule has 16 heavy (non-hydrogen) atoms. The third kappa shape index (κ3) is 2.87. The summed E-state index contributed by atoms with van der Waals surface area (Å²) in [7, 11) is -0.585. The SMILES string of the molecule is COCCN(C)S(=O)(=O)c1cnc(N)nc1. The second-order valence-corrected chi connectivity index (χ2v) is 5.14. The molecule has 1 rings (SSSR count). The second-order valence-electron chi connectivity index (χ2n) is 3.10. The molecule has 0 bridgehead atoms. The smallest absolute Gasteiger partial charge is 0.245 e. The molecular weight excluding hydrogens is 232 g/mol. The first-order valence-electron chi connectivity index (χ1n) is 4.51. The van der Waals surface area contributed by atoms with Crippen molar-refractivity contribution in [2.75, 3.05) is 33.0 Å². The Bertz CT molecular complexity index is 431. The van der Waals surface area contributed by atoms with Crippen molar-refractivity contribution in [3.05, 3.63) is 12.4 Å². The van der Waals surface area contributed by atoms with Crippen LogP contribution >= 0.6 is 0 Å². The van der Waals surface area contributed by atoms with Crippen molar-refractivity contribution in [1.29, 1.82) is 0 Å². The predicted octanol–water partition coefficient (Wildman–Crippen LogP) is -0.674. The number of likely N-dealkylation sites (N-methyl/N-ethyl adjacent to an activating group) is 1. The minimum Gasteiger partial charge on any atom is -0.383 e. The zero-order valence-electron chi connectivity index (χ0n) is 9.12. The molecule has 0 unspecified atom stereocenters. The molecule has 0 aliphatic carbocycles. The predicted molar refractivity (Wildman–Crippen MR) is 58.1 cm³/mol. The Hall–Kier alpha value is -1.25. The van der Waals surface area contributed by atoms with Crippen LogP contribution in [0.15, 0.2) is 17.3 Å². The lowest BCUT2D eigenvalue weighted by atomic mass is 10.7. The maximum absolute atomic E-state index is 11.9. The molecule has 0 atom stereocenters. The van der Waals surface area contributed by atoms with Gasteiger partial charge in [-0.2, -0.15) is 4.31 Å². The van der Waals surface area contributed by atoms with Crippen molar-refractivity contribution >= 4 is 16.0 Å². The second kappa shape index (κ2) is 5.19. The van der Waals surface area contributed by atoms with Crippen LogP contribution in [0.2, 0.25) is 0 Å². The van der Waals surface area contributed by atoms with Gasteiger partial charge in [0.05, 0.1) is 19.0 Å². The molecule has 8 heteroatoms. The van der Waals surface area contributed by atoms with Crippen molar-refractivity contribution in [2.45, 2.75) is 4.90 Å². The highest BCUT2D eigenvalue weighted by Gasteiger charge is 2.20. The minimum atomic E-state index is -3.56. The Labute approximate surface area is 94.3 Å². The Balaban J connectivity index is 2.89. The van der Waals surface area contributed by atoms with Gasteiger partial charge in [0.1, 0.15) is 4.90 Å². The summed E-state index contributed by atoms with van der Waals surface area (Å²) in [6, 6.07) is 0. The summed E-state index contributed by atoms with van der Waals surface area (Å²) in [5.74, 6) is 0.0403. The number of anilines is 1. The fraction of sp³-hybridized carbons (Fsp3) is 0.500. The molecule has 2 N–H and O–H groups in total. The third-order valence-electron chi connectivity index (χ3n) is 1.97. The molecule has 1 heterocycles. The third-order valence-corrected chi connectivity index (χ3v) is 3.78. The highest BCUT2D eigenvalue weighted by molar-refractivity contribution is 7.89. The molecule has 0 aromatic carbocycles. The zero-order chi connectivity index (χ0) is 12.2. The molecule has 1 aromatic rings. The van der Waals surface area contributed by atoms with Crippen LogP contribution in [0.25, 0.3) is 0 Å². The van der Waals surface area contributed by atoms with E-state index in [1.54, 1.807) is 0 Å². The number of hydrogen-bond donors (Lipinski definition) is 1. The molecule has 1 aromatic heterocycles. The van der Waals surface area contributed by atoms with Crippen LogP contribution < -0.4 is 5.73 Å². The van der Waals surface area contributed by atoms with Crippen molar-refractivity contribution in [3.63, 3.8) is 0 Å². The monoisotopic (exact) mass is 246 g/mol. The number of aromatic nitrogens is 2. The number of rotatable bonds is 5. The number of ether oxygens (including phenoxy) is 1. The summed E-state index contributed by atoms with van der Waals surface area (Å²) in [5, 5.41) is 0. The van der Waals surface area contributed by atoms with E-state index < -0.39 is 10.0 Å². The van der Waals surface area contributed by atoms with E-state index in [2.05, 4.69) is 9.97 Å². The Morgan fingerprint density at radius 2 is 2.00 bits per heavy atom. The van der Waals surface area contributed by atoms with Crippen LogP contribution in [-0.4, -0.2) is 50.0 Å². The summed E-state index contributed by atoms with van der Waals surface area (Å²) in [4.78, 5) is 7.29. The van der Waals surface area contributed by atoms with Gasteiger partial charge in [-0.05, 0) is 0 Å². The molecule has 7 nitrogen and oxygen atoms in total. The van der Waals surface area contributed by atoms with Crippen molar-refractivity contribution in [3.8, 4) is 0 Å². The van der Waals surface area contributed by atoms with Gasteiger partial charge in [-0.15, -0.1) is 0 Å². The molecule has 0 amide bonds. The average molecular weight is 246 g/mol. The lowest BCUT2D eigenvalue weighted by Gasteiger charge is -2.15. The van der Waals surface area contributed by atoms with Gasteiger partial charge in [0.2, 0.25) is 16.0 Å². The van der Waals surface area contributed by atoms with E-state index in [4.69, 9.17) is 10.5 Å². The van der Waals surface area contributed by atoms with Crippen LogP contribution in [0.3, 0.4) is 0 Å². The van der Waals surface area contributed by atoms with Gasteiger partial charge in [-0.3, -0.25) is 0 Å². The standard InChI is InChI=1S/C8H14N4O3S/c1-12(3-4-15-2)16(13,14)7-5-10-8(9)11-6-7/h5-6H,3-4H2,1-2H3,(H2,9,10,11). The van der Waals surface area contributed by atoms with E-state index in [1.807, 2.05) is 0 Å². The average Bonchev–Trinajstić information content (AvgIpc) is 2.26. The van der Waals surface area contributed by atoms with E-state index >= 15 is 0 Å². The molecule has 0 aliphatic rings.